The number of halogens is 2. The highest BCUT2D eigenvalue weighted by Gasteiger charge is 2.10. The Labute approximate surface area is 90.2 Å². The van der Waals surface area contributed by atoms with Crippen LogP contribution >= 0.6 is 15.9 Å². The molecule has 1 aromatic rings. The quantitative estimate of drug-likeness (QED) is 0.765. The summed E-state index contributed by atoms with van der Waals surface area (Å²) in [5.41, 5.74) is 1.25. The Morgan fingerprint density at radius 2 is 2.21 bits per heavy atom. The minimum atomic E-state index is -0.439. The fourth-order valence-electron chi connectivity index (χ4n) is 1.08. The molecule has 0 saturated carbocycles. The first-order chi connectivity index (χ1) is 6.54. The van der Waals surface area contributed by atoms with Crippen LogP contribution in [0.25, 0.3) is 0 Å². The van der Waals surface area contributed by atoms with Crippen molar-refractivity contribution in [2.45, 2.75) is 13.3 Å². The molecule has 0 aliphatic carbocycles. The number of benzene rings is 1. The Kier molecular flexibility index (Phi) is 3.63. The van der Waals surface area contributed by atoms with Gasteiger partial charge < -0.3 is 4.74 Å². The summed E-state index contributed by atoms with van der Waals surface area (Å²) in [6.07, 6.45) is -0.0313. The molecular weight excluding hydrogens is 251 g/mol. The van der Waals surface area contributed by atoms with Crippen molar-refractivity contribution >= 4 is 21.9 Å². The van der Waals surface area contributed by atoms with E-state index in [1.807, 2.05) is 6.92 Å². The van der Waals surface area contributed by atoms with Crippen molar-refractivity contribution in [2.24, 2.45) is 0 Å². The lowest BCUT2D eigenvalue weighted by Crippen LogP contribution is -2.06. The van der Waals surface area contributed by atoms with Crippen LogP contribution < -0.4 is 0 Å². The van der Waals surface area contributed by atoms with Crippen molar-refractivity contribution < 1.29 is 13.9 Å². The highest BCUT2D eigenvalue weighted by Crippen LogP contribution is 2.20. The van der Waals surface area contributed by atoms with Gasteiger partial charge in [0.15, 0.2) is 0 Å². The molecule has 0 bridgehead atoms. The van der Waals surface area contributed by atoms with Crippen molar-refractivity contribution in [3.05, 3.63) is 33.5 Å². The summed E-state index contributed by atoms with van der Waals surface area (Å²) in [6.45, 7) is 1.84. The van der Waals surface area contributed by atoms with Gasteiger partial charge in [-0.2, -0.15) is 0 Å². The highest BCUT2D eigenvalue weighted by molar-refractivity contribution is 9.10. The van der Waals surface area contributed by atoms with Crippen molar-refractivity contribution in [2.75, 3.05) is 7.11 Å². The van der Waals surface area contributed by atoms with E-state index in [1.165, 1.54) is 13.2 Å². The number of rotatable bonds is 2. The third kappa shape index (κ3) is 2.54. The van der Waals surface area contributed by atoms with Crippen LogP contribution in [0.4, 0.5) is 4.39 Å². The third-order valence-corrected chi connectivity index (χ3v) is 2.74. The zero-order valence-electron chi connectivity index (χ0n) is 7.93. The summed E-state index contributed by atoms with van der Waals surface area (Å²) in [6, 6.07) is 2.99. The molecule has 4 heteroatoms. The molecule has 1 rings (SSSR count). The van der Waals surface area contributed by atoms with Crippen molar-refractivity contribution in [3.8, 4) is 0 Å². The number of carbonyl (C=O) groups is 1. The molecular formula is C10H10BrFO2. The summed E-state index contributed by atoms with van der Waals surface area (Å²) in [4.78, 5) is 10.9. The maximum Gasteiger partial charge on any atom is 0.310 e. The smallest absolute Gasteiger partial charge is 0.310 e. The standard InChI is InChI=1S/C10H10BrFO2/c1-6-3-7(4-10(13)14-2)9(12)5-8(6)11/h3,5H,4H2,1-2H3. The minimum Gasteiger partial charge on any atom is -0.469 e. The van der Waals surface area contributed by atoms with Gasteiger partial charge >= 0.3 is 5.97 Å². The van der Waals surface area contributed by atoms with E-state index in [-0.39, 0.29) is 6.42 Å². The number of methoxy groups -OCH3 is 1. The molecule has 0 saturated heterocycles. The van der Waals surface area contributed by atoms with Crippen LogP contribution in [0, 0.1) is 12.7 Å². The molecule has 0 atom stereocenters. The predicted molar refractivity (Wildman–Crippen MR) is 54.6 cm³/mol. The lowest BCUT2D eigenvalue weighted by atomic mass is 10.1. The van der Waals surface area contributed by atoms with Gasteiger partial charge in [0.25, 0.3) is 0 Å². The fraction of sp³-hybridized carbons (Fsp3) is 0.300. The summed E-state index contributed by atoms with van der Waals surface area (Å²) >= 11 is 3.21. The highest BCUT2D eigenvalue weighted by atomic mass is 79.9. The number of aryl methyl sites for hydroxylation is 1. The van der Waals surface area contributed by atoms with Gasteiger partial charge in [0.05, 0.1) is 13.5 Å². The van der Waals surface area contributed by atoms with Crippen LogP contribution in [0.15, 0.2) is 16.6 Å². The lowest BCUT2D eigenvalue weighted by Gasteiger charge is -2.05. The van der Waals surface area contributed by atoms with E-state index in [4.69, 9.17) is 0 Å². The monoisotopic (exact) mass is 260 g/mol. The van der Waals surface area contributed by atoms with Gasteiger partial charge in [0.1, 0.15) is 5.82 Å². The topological polar surface area (TPSA) is 26.3 Å². The zero-order valence-corrected chi connectivity index (χ0v) is 9.52. The average molecular weight is 261 g/mol. The second-order valence-corrected chi connectivity index (χ2v) is 3.80. The number of esters is 1. The van der Waals surface area contributed by atoms with Crippen LogP contribution in [0.5, 0.6) is 0 Å². The van der Waals surface area contributed by atoms with Crippen LogP contribution in [0.2, 0.25) is 0 Å². The second-order valence-electron chi connectivity index (χ2n) is 2.95. The van der Waals surface area contributed by atoms with Gasteiger partial charge in [-0.1, -0.05) is 22.0 Å². The number of ether oxygens (including phenoxy) is 1. The van der Waals surface area contributed by atoms with Crippen LogP contribution in [0.3, 0.4) is 0 Å². The Hall–Kier alpha value is -0.900. The van der Waals surface area contributed by atoms with Gasteiger partial charge in [-0.3, -0.25) is 4.79 Å². The number of carbonyl (C=O) groups excluding carboxylic acids is 1. The van der Waals surface area contributed by atoms with E-state index in [0.29, 0.717) is 10.0 Å². The van der Waals surface area contributed by atoms with E-state index >= 15 is 0 Å². The van der Waals surface area contributed by atoms with E-state index in [0.717, 1.165) is 5.56 Å². The molecule has 0 N–H and O–H groups in total. The summed E-state index contributed by atoms with van der Waals surface area (Å²) < 4.78 is 18.4. The Balaban J connectivity index is 2.98. The summed E-state index contributed by atoms with van der Waals surface area (Å²) in [5.74, 6) is -0.835. The number of hydrogen-bond donors (Lipinski definition) is 0. The molecule has 0 unspecified atom stereocenters. The molecule has 0 aromatic heterocycles. The van der Waals surface area contributed by atoms with Crippen LogP contribution in [0.1, 0.15) is 11.1 Å². The Bertz CT molecular complexity index is 363. The fourth-order valence-corrected chi connectivity index (χ4v) is 1.40. The molecule has 0 aliphatic heterocycles. The average Bonchev–Trinajstić information content (AvgIpc) is 2.14. The molecule has 0 amide bonds. The summed E-state index contributed by atoms with van der Waals surface area (Å²) in [7, 11) is 1.28. The van der Waals surface area contributed by atoms with Gasteiger partial charge in [-0.15, -0.1) is 0 Å². The van der Waals surface area contributed by atoms with Crippen molar-refractivity contribution in [1.82, 2.24) is 0 Å². The molecule has 76 valence electrons. The van der Waals surface area contributed by atoms with E-state index in [1.54, 1.807) is 6.07 Å². The first-order valence-electron chi connectivity index (χ1n) is 4.06. The maximum absolute atomic E-state index is 13.3. The molecule has 0 aliphatic rings. The zero-order chi connectivity index (χ0) is 10.7. The van der Waals surface area contributed by atoms with Crippen LogP contribution in [-0.2, 0) is 16.0 Å². The van der Waals surface area contributed by atoms with E-state index < -0.39 is 11.8 Å². The maximum atomic E-state index is 13.3. The molecule has 0 fully saturated rings. The normalized spacial score (nSPS) is 10.0. The van der Waals surface area contributed by atoms with Crippen molar-refractivity contribution in [1.29, 1.82) is 0 Å². The van der Waals surface area contributed by atoms with E-state index in [9.17, 15) is 9.18 Å². The predicted octanol–water partition coefficient (Wildman–Crippen LogP) is 2.61. The third-order valence-electron chi connectivity index (χ3n) is 1.89. The van der Waals surface area contributed by atoms with Crippen molar-refractivity contribution in [3.63, 3.8) is 0 Å². The second kappa shape index (κ2) is 4.55. The molecule has 1 aromatic carbocycles. The van der Waals surface area contributed by atoms with E-state index in [2.05, 4.69) is 20.7 Å². The first-order valence-corrected chi connectivity index (χ1v) is 4.85. The van der Waals surface area contributed by atoms with Crippen LogP contribution in [-0.4, -0.2) is 13.1 Å². The largest absolute Gasteiger partial charge is 0.469 e. The van der Waals surface area contributed by atoms with Gasteiger partial charge in [0, 0.05) is 4.47 Å². The summed E-state index contributed by atoms with van der Waals surface area (Å²) in [5, 5.41) is 0. The lowest BCUT2D eigenvalue weighted by molar-refractivity contribution is -0.139. The minimum absolute atomic E-state index is 0.0313. The number of hydrogen-bond acceptors (Lipinski definition) is 2. The molecule has 14 heavy (non-hydrogen) atoms. The van der Waals surface area contributed by atoms with Gasteiger partial charge in [-0.25, -0.2) is 4.39 Å². The van der Waals surface area contributed by atoms with Gasteiger partial charge in [0.2, 0.25) is 0 Å². The molecule has 2 nitrogen and oxygen atoms in total. The Morgan fingerprint density at radius 3 is 2.79 bits per heavy atom. The molecule has 0 radical (unpaired) electrons. The first kappa shape index (κ1) is 11.2. The molecule has 0 heterocycles. The van der Waals surface area contributed by atoms with Gasteiger partial charge in [-0.05, 0) is 24.1 Å². The SMILES string of the molecule is COC(=O)Cc1cc(C)c(Br)cc1F. The Morgan fingerprint density at radius 1 is 1.57 bits per heavy atom. The molecule has 0 spiro atoms.